The summed E-state index contributed by atoms with van der Waals surface area (Å²) in [6, 6.07) is 1.04. The lowest BCUT2D eigenvalue weighted by Gasteiger charge is -2.12. The van der Waals surface area contributed by atoms with E-state index >= 15 is 0 Å². The molecule has 0 aromatic carbocycles. The molecule has 0 spiro atoms. The van der Waals surface area contributed by atoms with E-state index in [4.69, 9.17) is 0 Å². The molecule has 0 aromatic heterocycles. The molecule has 0 amide bonds. The first-order valence-electron chi connectivity index (χ1n) is 5.18. The predicted octanol–water partition coefficient (Wildman–Crippen LogP) is 2.64. The number of amidine groups is 1. The SMILES string of the molecule is CCC(C)NC1=NC(C)C(CC)S1. The molecule has 0 saturated heterocycles. The predicted molar refractivity (Wildman–Crippen MR) is 61.5 cm³/mol. The van der Waals surface area contributed by atoms with E-state index in [1.165, 1.54) is 6.42 Å². The lowest BCUT2D eigenvalue weighted by molar-refractivity contribution is 0.640. The highest BCUT2D eigenvalue weighted by molar-refractivity contribution is 8.14. The Labute approximate surface area is 85.6 Å². The monoisotopic (exact) mass is 200 g/mol. The Morgan fingerprint density at radius 1 is 1.54 bits per heavy atom. The van der Waals surface area contributed by atoms with E-state index in [0.29, 0.717) is 17.3 Å². The van der Waals surface area contributed by atoms with Crippen molar-refractivity contribution in [3.05, 3.63) is 0 Å². The fourth-order valence-electron chi connectivity index (χ4n) is 1.35. The zero-order valence-corrected chi connectivity index (χ0v) is 9.82. The molecule has 3 atom stereocenters. The van der Waals surface area contributed by atoms with Crippen molar-refractivity contribution in [2.45, 2.75) is 57.9 Å². The lowest BCUT2D eigenvalue weighted by Crippen LogP contribution is -2.29. The van der Waals surface area contributed by atoms with Gasteiger partial charge in [0.1, 0.15) is 0 Å². The van der Waals surface area contributed by atoms with Crippen LogP contribution in [0.2, 0.25) is 0 Å². The number of hydrogen-bond donors (Lipinski definition) is 1. The normalized spacial score (nSPS) is 30.0. The van der Waals surface area contributed by atoms with Gasteiger partial charge in [-0.25, -0.2) is 0 Å². The second-order valence-corrected chi connectivity index (χ2v) is 4.92. The van der Waals surface area contributed by atoms with Gasteiger partial charge in [0.25, 0.3) is 0 Å². The third-order valence-electron chi connectivity index (χ3n) is 2.51. The molecular weight excluding hydrogens is 180 g/mol. The van der Waals surface area contributed by atoms with Gasteiger partial charge < -0.3 is 5.32 Å². The van der Waals surface area contributed by atoms with Crippen molar-refractivity contribution in [2.75, 3.05) is 0 Å². The molecule has 3 heteroatoms. The average Bonchev–Trinajstić information content (AvgIpc) is 2.46. The van der Waals surface area contributed by atoms with Crippen LogP contribution in [0.1, 0.15) is 40.5 Å². The molecule has 0 bridgehead atoms. The molecule has 1 N–H and O–H groups in total. The van der Waals surface area contributed by atoms with Crippen LogP contribution in [0.25, 0.3) is 0 Å². The molecule has 1 heterocycles. The fraction of sp³-hybridized carbons (Fsp3) is 0.900. The third kappa shape index (κ3) is 2.90. The number of rotatable bonds is 3. The summed E-state index contributed by atoms with van der Waals surface area (Å²) < 4.78 is 0. The molecule has 0 radical (unpaired) electrons. The molecule has 1 aliphatic rings. The van der Waals surface area contributed by atoms with Crippen LogP contribution in [0, 0.1) is 0 Å². The summed E-state index contributed by atoms with van der Waals surface area (Å²) in [6.45, 7) is 8.83. The first-order chi connectivity index (χ1) is 6.17. The number of aliphatic imine (C=N–C) groups is 1. The largest absolute Gasteiger partial charge is 0.362 e. The van der Waals surface area contributed by atoms with Crippen LogP contribution in [0.5, 0.6) is 0 Å². The summed E-state index contributed by atoms with van der Waals surface area (Å²) in [5, 5.41) is 5.27. The van der Waals surface area contributed by atoms with Gasteiger partial charge in [0.05, 0.1) is 6.04 Å². The number of thioether (sulfide) groups is 1. The van der Waals surface area contributed by atoms with Crippen molar-refractivity contribution in [3.63, 3.8) is 0 Å². The minimum absolute atomic E-state index is 0.488. The molecule has 3 unspecified atom stereocenters. The summed E-state index contributed by atoms with van der Waals surface area (Å²) in [5.41, 5.74) is 0. The van der Waals surface area contributed by atoms with E-state index in [2.05, 4.69) is 38.0 Å². The van der Waals surface area contributed by atoms with Gasteiger partial charge in [-0.05, 0) is 26.7 Å². The molecule has 0 aliphatic carbocycles. The molecule has 0 fully saturated rings. The number of nitrogens with zero attached hydrogens (tertiary/aromatic N) is 1. The summed E-state index contributed by atoms with van der Waals surface area (Å²) in [4.78, 5) is 4.60. The van der Waals surface area contributed by atoms with Crippen molar-refractivity contribution in [3.8, 4) is 0 Å². The van der Waals surface area contributed by atoms with Gasteiger partial charge in [0.2, 0.25) is 0 Å². The maximum Gasteiger partial charge on any atom is 0.157 e. The smallest absolute Gasteiger partial charge is 0.157 e. The second-order valence-electron chi connectivity index (χ2n) is 3.69. The Kier molecular flexibility index (Phi) is 4.10. The van der Waals surface area contributed by atoms with Crippen molar-refractivity contribution in [2.24, 2.45) is 4.99 Å². The highest BCUT2D eigenvalue weighted by Crippen LogP contribution is 2.28. The molecule has 76 valence electrons. The minimum Gasteiger partial charge on any atom is -0.362 e. The molecule has 1 rings (SSSR count). The van der Waals surface area contributed by atoms with Gasteiger partial charge in [-0.15, -0.1) is 0 Å². The van der Waals surface area contributed by atoms with Crippen LogP contribution in [-0.4, -0.2) is 22.5 Å². The average molecular weight is 200 g/mol. The summed E-state index contributed by atoms with van der Waals surface area (Å²) in [5.74, 6) is 0. The van der Waals surface area contributed by atoms with Crippen molar-refractivity contribution < 1.29 is 0 Å². The second kappa shape index (κ2) is 4.89. The molecule has 0 saturated carbocycles. The van der Waals surface area contributed by atoms with Crippen LogP contribution in [0.4, 0.5) is 0 Å². The summed E-state index contributed by atoms with van der Waals surface area (Å²) >= 11 is 1.90. The van der Waals surface area contributed by atoms with Crippen LogP contribution >= 0.6 is 11.8 Å². The highest BCUT2D eigenvalue weighted by atomic mass is 32.2. The summed E-state index contributed by atoms with van der Waals surface area (Å²) in [6.07, 6.45) is 2.37. The van der Waals surface area contributed by atoms with E-state index in [1.807, 2.05) is 11.8 Å². The molecule has 2 nitrogen and oxygen atoms in total. The molecule has 13 heavy (non-hydrogen) atoms. The van der Waals surface area contributed by atoms with Crippen LogP contribution in [0.15, 0.2) is 4.99 Å². The standard InChI is InChI=1S/C10H20N2S/c1-5-7(3)11-10-12-8(4)9(6-2)13-10/h7-9H,5-6H2,1-4H3,(H,11,12). The molecule has 0 aromatic rings. The Morgan fingerprint density at radius 3 is 2.69 bits per heavy atom. The van der Waals surface area contributed by atoms with E-state index in [9.17, 15) is 0 Å². The quantitative estimate of drug-likeness (QED) is 0.757. The topological polar surface area (TPSA) is 24.4 Å². The van der Waals surface area contributed by atoms with E-state index in [0.717, 1.165) is 11.6 Å². The van der Waals surface area contributed by atoms with E-state index < -0.39 is 0 Å². The number of nitrogens with one attached hydrogen (secondary N) is 1. The van der Waals surface area contributed by atoms with Gasteiger partial charge in [-0.1, -0.05) is 25.6 Å². The Hall–Kier alpha value is -0.180. The van der Waals surface area contributed by atoms with Gasteiger partial charge in [0.15, 0.2) is 5.17 Å². The summed E-state index contributed by atoms with van der Waals surface area (Å²) in [7, 11) is 0. The Balaban J connectivity index is 2.41. The molecular formula is C10H20N2S. The molecule has 1 aliphatic heterocycles. The zero-order chi connectivity index (χ0) is 9.84. The highest BCUT2D eigenvalue weighted by Gasteiger charge is 2.25. The van der Waals surface area contributed by atoms with E-state index in [-0.39, 0.29) is 0 Å². The van der Waals surface area contributed by atoms with Crippen LogP contribution in [0.3, 0.4) is 0 Å². The third-order valence-corrected chi connectivity index (χ3v) is 3.98. The first-order valence-corrected chi connectivity index (χ1v) is 6.06. The van der Waals surface area contributed by atoms with Gasteiger partial charge in [-0.3, -0.25) is 4.99 Å². The van der Waals surface area contributed by atoms with Crippen molar-refractivity contribution in [1.29, 1.82) is 0 Å². The first kappa shape index (κ1) is 10.9. The maximum atomic E-state index is 4.60. The Bertz CT molecular complexity index is 191. The van der Waals surface area contributed by atoms with Gasteiger partial charge in [0, 0.05) is 11.3 Å². The van der Waals surface area contributed by atoms with Crippen LogP contribution < -0.4 is 5.32 Å². The van der Waals surface area contributed by atoms with Crippen molar-refractivity contribution >= 4 is 16.9 Å². The zero-order valence-electron chi connectivity index (χ0n) is 9.00. The van der Waals surface area contributed by atoms with E-state index in [1.54, 1.807) is 0 Å². The fourth-order valence-corrected chi connectivity index (χ4v) is 2.56. The van der Waals surface area contributed by atoms with Crippen molar-refractivity contribution in [1.82, 2.24) is 5.32 Å². The van der Waals surface area contributed by atoms with Gasteiger partial charge >= 0.3 is 0 Å². The number of hydrogen-bond acceptors (Lipinski definition) is 3. The minimum atomic E-state index is 0.488. The Morgan fingerprint density at radius 2 is 2.23 bits per heavy atom. The van der Waals surface area contributed by atoms with Gasteiger partial charge in [-0.2, -0.15) is 0 Å². The lowest BCUT2D eigenvalue weighted by atomic mass is 10.2. The maximum absolute atomic E-state index is 4.60. The van der Waals surface area contributed by atoms with Crippen LogP contribution in [-0.2, 0) is 0 Å².